The molecule has 1 rings (SSSR count). The van der Waals surface area contributed by atoms with E-state index in [4.69, 9.17) is 5.73 Å². The Balaban J connectivity index is 2.58. The lowest BCUT2D eigenvalue weighted by atomic mass is 10.3. The summed E-state index contributed by atoms with van der Waals surface area (Å²) in [5, 5.41) is 0. The lowest BCUT2D eigenvalue weighted by Crippen LogP contribution is -2.02. The van der Waals surface area contributed by atoms with E-state index in [1.807, 2.05) is 12.1 Å². The van der Waals surface area contributed by atoms with Crippen LogP contribution in [-0.4, -0.2) is 13.1 Å². The zero-order valence-corrected chi connectivity index (χ0v) is 7.69. The van der Waals surface area contributed by atoms with Gasteiger partial charge in [0.1, 0.15) is 0 Å². The largest absolute Gasteiger partial charge is 0.469 e. The van der Waals surface area contributed by atoms with Crippen LogP contribution in [-0.2, 0) is 22.5 Å². The predicted octanol–water partition coefficient (Wildman–Crippen LogP) is 0.922. The number of methoxy groups -OCH3 is 1. The number of ether oxygens (including phenoxy) is 1. The predicted molar refractivity (Wildman–Crippen MR) is 47.9 cm³/mol. The van der Waals surface area contributed by atoms with Gasteiger partial charge in [-0.25, -0.2) is 0 Å². The Morgan fingerprint density at radius 2 is 2.25 bits per heavy atom. The van der Waals surface area contributed by atoms with Crippen molar-refractivity contribution in [2.75, 3.05) is 7.11 Å². The van der Waals surface area contributed by atoms with E-state index in [2.05, 4.69) is 4.74 Å². The van der Waals surface area contributed by atoms with Gasteiger partial charge in [-0.05, 0) is 12.1 Å². The van der Waals surface area contributed by atoms with Crippen LogP contribution in [0.4, 0.5) is 0 Å². The lowest BCUT2D eigenvalue weighted by Gasteiger charge is -1.94. The third kappa shape index (κ3) is 2.32. The van der Waals surface area contributed by atoms with E-state index < -0.39 is 0 Å². The first-order valence-electron chi connectivity index (χ1n) is 3.60. The van der Waals surface area contributed by atoms with Crippen molar-refractivity contribution in [1.29, 1.82) is 0 Å². The van der Waals surface area contributed by atoms with E-state index in [0.717, 1.165) is 9.75 Å². The van der Waals surface area contributed by atoms with Crippen LogP contribution >= 0.6 is 11.3 Å². The van der Waals surface area contributed by atoms with Crippen LogP contribution in [0.3, 0.4) is 0 Å². The monoisotopic (exact) mass is 185 g/mol. The van der Waals surface area contributed by atoms with Crippen molar-refractivity contribution in [3.63, 3.8) is 0 Å². The van der Waals surface area contributed by atoms with Gasteiger partial charge < -0.3 is 10.5 Å². The molecule has 0 fully saturated rings. The van der Waals surface area contributed by atoms with Crippen LogP contribution in [0.15, 0.2) is 12.1 Å². The lowest BCUT2D eigenvalue weighted by molar-refractivity contribution is -0.139. The molecule has 0 spiro atoms. The van der Waals surface area contributed by atoms with E-state index in [1.54, 1.807) is 11.3 Å². The Labute approximate surface area is 75.1 Å². The summed E-state index contributed by atoms with van der Waals surface area (Å²) in [5.41, 5.74) is 5.42. The Morgan fingerprint density at radius 1 is 1.58 bits per heavy atom. The topological polar surface area (TPSA) is 52.3 Å². The molecule has 1 aromatic heterocycles. The van der Waals surface area contributed by atoms with Gasteiger partial charge in [-0.3, -0.25) is 4.79 Å². The number of hydrogen-bond donors (Lipinski definition) is 1. The number of carbonyl (C=O) groups is 1. The molecule has 0 saturated heterocycles. The molecule has 1 aromatic rings. The van der Waals surface area contributed by atoms with Crippen molar-refractivity contribution in [2.45, 2.75) is 13.0 Å². The maximum atomic E-state index is 10.8. The van der Waals surface area contributed by atoms with Crippen molar-refractivity contribution >= 4 is 17.3 Å². The van der Waals surface area contributed by atoms with E-state index in [-0.39, 0.29) is 5.97 Å². The standard InChI is InChI=1S/C8H11NO2S/c1-11-8(10)4-6-2-3-7(5-9)12-6/h2-3H,4-5,9H2,1H3. The maximum Gasteiger partial charge on any atom is 0.310 e. The fourth-order valence-corrected chi connectivity index (χ4v) is 1.72. The summed E-state index contributed by atoms with van der Waals surface area (Å²) in [6, 6.07) is 3.84. The van der Waals surface area contributed by atoms with Gasteiger partial charge in [0.05, 0.1) is 13.5 Å². The van der Waals surface area contributed by atoms with E-state index in [9.17, 15) is 4.79 Å². The zero-order chi connectivity index (χ0) is 8.97. The molecule has 0 radical (unpaired) electrons. The summed E-state index contributed by atoms with van der Waals surface area (Å²) >= 11 is 1.55. The number of carbonyl (C=O) groups excluding carboxylic acids is 1. The number of hydrogen-bond acceptors (Lipinski definition) is 4. The molecule has 0 amide bonds. The van der Waals surface area contributed by atoms with Crippen molar-refractivity contribution in [3.8, 4) is 0 Å². The van der Waals surface area contributed by atoms with Crippen molar-refractivity contribution in [2.24, 2.45) is 5.73 Å². The summed E-state index contributed by atoms with van der Waals surface area (Å²) in [5.74, 6) is -0.208. The first-order valence-corrected chi connectivity index (χ1v) is 4.42. The molecule has 0 aliphatic carbocycles. The summed E-state index contributed by atoms with van der Waals surface area (Å²) in [6.07, 6.45) is 0.348. The number of thiophene rings is 1. The molecule has 0 unspecified atom stereocenters. The fraction of sp³-hybridized carbons (Fsp3) is 0.375. The van der Waals surface area contributed by atoms with Gasteiger partial charge >= 0.3 is 5.97 Å². The van der Waals surface area contributed by atoms with E-state index in [1.165, 1.54) is 7.11 Å². The maximum absolute atomic E-state index is 10.8. The molecule has 0 bridgehead atoms. The van der Waals surface area contributed by atoms with Gasteiger partial charge in [0.25, 0.3) is 0 Å². The van der Waals surface area contributed by atoms with Gasteiger partial charge in [0, 0.05) is 16.3 Å². The van der Waals surface area contributed by atoms with Crippen molar-refractivity contribution in [3.05, 3.63) is 21.9 Å². The molecule has 12 heavy (non-hydrogen) atoms. The first-order chi connectivity index (χ1) is 5.76. The molecule has 0 aliphatic rings. The quantitative estimate of drug-likeness (QED) is 0.712. The van der Waals surface area contributed by atoms with Crippen LogP contribution in [0.5, 0.6) is 0 Å². The highest BCUT2D eigenvalue weighted by Gasteiger charge is 2.04. The molecule has 3 nitrogen and oxygen atoms in total. The average molecular weight is 185 g/mol. The van der Waals surface area contributed by atoms with Gasteiger partial charge in [-0.2, -0.15) is 0 Å². The summed E-state index contributed by atoms with van der Waals surface area (Å²) in [4.78, 5) is 12.9. The van der Waals surface area contributed by atoms with E-state index in [0.29, 0.717) is 13.0 Å². The number of esters is 1. The van der Waals surface area contributed by atoms with E-state index >= 15 is 0 Å². The Bertz CT molecular complexity index is 270. The second-order valence-corrected chi connectivity index (χ2v) is 3.58. The minimum Gasteiger partial charge on any atom is -0.469 e. The molecule has 1 heterocycles. The minimum atomic E-state index is -0.208. The Morgan fingerprint density at radius 3 is 2.75 bits per heavy atom. The van der Waals surface area contributed by atoms with Crippen LogP contribution in [0.2, 0.25) is 0 Å². The second-order valence-electron chi connectivity index (χ2n) is 2.33. The van der Waals surface area contributed by atoms with Crippen LogP contribution in [0.1, 0.15) is 9.75 Å². The van der Waals surface area contributed by atoms with Crippen LogP contribution in [0, 0.1) is 0 Å². The Hall–Kier alpha value is -0.870. The highest BCUT2D eigenvalue weighted by molar-refractivity contribution is 7.12. The molecule has 0 saturated carbocycles. The molecule has 4 heteroatoms. The Kier molecular flexibility index (Phi) is 3.25. The van der Waals surface area contributed by atoms with Crippen molar-refractivity contribution in [1.82, 2.24) is 0 Å². The normalized spacial score (nSPS) is 9.83. The van der Waals surface area contributed by atoms with Crippen LogP contribution < -0.4 is 5.73 Å². The van der Waals surface area contributed by atoms with Gasteiger partial charge in [0.2, 0.25) is 0 Å². The highest BCUT2D eigenvalue weighted by Crippen LogP contribution is 2.16. The fourth-order valence-electron chi connectivity index (χ4n) is 0.841. The zero-order valence-electron chi connectivity index (χ0n) is 6.87. The number of nitrogens with two attached hydrogens (primary N) is 1. The second kappa shape index (κ2) is 4.23. The third-order valence-corrected chi connectivity index (χ3v) is 2.57. The molecule has 0 aromatic carbocycles. The summed E-state index contributed by atoms with van der Waals surface area (Å²) in [6.45, 7) is 0.534. The highest BCUT2D eigenvalue weighted by atomic mass is 32.1. The summed E-state index contributed by atoms with van der Waals surface area (Å²) < 4.78 is 4.53. The van der Waals surface area contributed by atoms with Crippen LogP contribution in [0.25, 0.3) is 0 Å². The molecular formula is C8H11NO2S. The minimum absolute atomic E-state index is 0.208. The summed E-state index contributed by atoms with van der Waals surface area (Å²) in [7, 11) is 1.39. The van der Waals surface area contributed by atoms with Crippen molar-refractivity contribution < 1.29 is 9.53 Å². The molecule has 0 atom stereocenters. The van der Waals surface area contributed by atoms with Gasteiger partial charge in [0.15, 0.2) is 0 Å². The first kappa shape index (κ1) is 9.22. The number of rotatable bonds is 3. The molecular weight excluding hydrogens is 174 g/mol. The average Bonchev–Trinajstić information content (AvgIpc) is 2.52. The molecule has 0 aliphatic heterocycles. The van der Waals surface area contributed by atoms with Gasteiger partial charge in [-0.1, -0.05) is 0 Å². The smallest absolute Gasteiger partial charge is 0.310 e. The van der Waals surface area contributed by atoms with Gasteiger partial charge in [-0.15, -0.1) is 11.3 Å². The third-order valence-electron chi connectivity index (χ3n) is 1.46. The SMILES string of the molecule is COC(=O)Cc1ccc(CN)s1. The molecule has 66 valence electrons. The molecule has 2 N–H and O–H groups in total.